The van der Waals surface area contributed by atoms with E-state index in [0.29, 0.717) is 0 Å². The molecule has 0 aliphatic rings. The van der Waals surface area contributed by atoms with Gasteiger partial charge in [0.15, 0.2) is 17.5 Å². The van der Waals surface area contributed by atoms with Gasteiger partial charge in [-0.15, -0.1) is 0 Å². The Labute approximate surface area is 200 Å². The second-order valence-corrected chi connectivity index (χ2v) is 8.04. The Hall–Kier alpha value is -4.09. The van der Waals surface area contributed by atoms with E-state index >= 15 is 0 Å². The van der Waals surface area contributed by atoms with Gasteiger partial charge in [-0.1, -0.05) is 55.2 Å². The van der Waals surface area contributed by atoms with Crippen LogP contribution in [0.15, 0.2) is 60.7 Å². The summed E-state index contributed by atoms with van der Waals surface area (Å²) < 4.78 is 69.9. The van der Waals surface area contributed by atoms with Crippen molar-refractivity contribution in [1.82, 2.24) is 0 Å². The van der Waals surface area contributed by atoms with E-state index in [2.05, 4.69) is 30.6 Å². The second-order valence-electron chi connectivity index (χ2n) is 8.04. The molecule has 0 atom stereocenters. The lowest BCUT2D eigenvalue weighted by Crippen LogP contribution is -1.93. The highest BCUT2D eigenvalue weighted by Gasteiger charge is 2.13. The van der Waals surface area contributed by atoms with Crippen LogP contribution in [0.4, 0.5) is 22.0 Å². The van der Waals surface area contributed by atoms with E-state index in [1.54, 1.807) is 0 Å². The summed E-state index contributed by atoms with van der Waals surface area (Å²) in [6.07, 6.45) is 3.22. The highest BCUT2D eigenvalue weighted by Crippen LogP contribution is 2.24. The fraction of sp³-hybridized carbons (Fsp3) is 0.133. The van der Waals surface area contributed by atoms with Crippen LogP contribution in [0.2, 0.25) is 0 Å². The quantitative estimate of drug-likeness (QED) is 0.162. The Morgan fingerprint density at radius 1 is 0.600 bits per heavy atom. The van der Waals surface area contributed by atoms with Gasteiger partial charge in [0.2, 0.25) is 0 Å². The maximum Gasteiger partial charge on any atom is 0.195 e. The number of hydrogen-bond donors (Lipinski definition) is 0. The summed E-state index contributed by atoms with van der Waals surface area (Å²) >= 11 is 0. The number of aryl methyl sites for hydroxylation is 1. The van der Waals surface area contributed by atoms with E-state index in [-0.39, 0.29) is 21.9 Å². The standard InChI is InChI=1S/C30H19F5/c1-2-3-4-19-5-7-20(8-6-19)9-10-22-16-26(31)25(27(32)17-22)14-12-21-11-13-24-23(15-21)18-28(33)30(35)29(24)34/h5-8,11,13,15-18H,2-4H2,1H3. The Kier molecular flexibility index (Phi) is 7.18. The third-order valence-corrected chi connectivity index (χ3v) is 5.47. The van der Waals surface area contributed by atoms with Crippen molar-refractivity contribution in [2.24, 2.45) is 0 Å². The topological polar surface area (TPSA) is 0 Å². The van der Waals surface area contributed by atoms with E-state index in [1.807, 2.05) is 24.3 Å². The summed E-state index contributed by atoms with van der Waals surface area (Å²) in [5, 5.41) is -0.0384. The summed E-state index contributed by atoms with van der Waals surface area (Å²) in [6, 6.07) is 14.7. The fourth-order valence-electron chi connectivity index (χ4n) is 3.56. The molecule has 4 aromatic carbocycles. The van der Waals surface area contributed by atoms with Gasteiger partial charge in [-0.2, -0.15) is 0 Å². The molecule has 5 heteroatoms. The lowest BCUT2D eigenvalue weighted by molar-refractivity contribution is 0.453. The van der Waals surface area contributed by atoms with Crippen LogP contribution in [-0.4, -0.2) is 0 Å². The number of benzene rings is 4. The van der Waals surface area contributed by atoms with Crippen LogP contribution >= 0.6 is 0 Å². The number of halogens is 5. The normalized spacial score (nSPS) is 10.5. The minimum atomic E-state index is -1.56. The lowest BCUT2D eigenvalue weighted by atomic mass is 10.0. The van der Waals surface area contributed by atoms with Crippen LogP contribution in [0.5, 0.6) is 0 Å². The Balaban J connectivity index is 1.57. The van der Waals surface area contributed by atoms with Crippen LogP contribution in [0.25, 0.3) is 10.8 Å². The number of fused-ring (bicyclic) bond motifs is 1. The van der Waals surface area contributed by atoms with Crippen molar-refractivity contribution in [2.45, 2.75) is 26.2 Å². The number of hydrogen-bond acceptors (Lipinski definition) is 0. The molecular weight excluding hydrogens is 455 g/mol. The SMILES string of the molecule is CCCCc1ccc(C#Cc2cc(F)c(C#Cc3ccc4c(F)c(F)c(F)cc4c3)c(F)c2)cc1. The molecule has 0 radical (unpaired) electrons. The van der Waals surface area contributed by atoms with Gasteiger partial charge in [-0.05, 0) is 66.3 Å². The average Bonchev–Trinajstić information content (AvgIpc) is 2.85. The molecule has 0 aliphatic heterocycles. The van der Waals surface area contributed by atoms with Crippen molar-refractivity contribution >= 4 is 10.8 Å². The van der Waals surface area contributed by atoms with E-state index in [1.165, 1.54) is 23.8 Å². The highest BCUT2D eigenvalue weighted by molar-refractivity contribution is 5.84. The zero-order valence-corrected chi connectivity index (χ0v) is 18.8. The largest absolute Gasteiger partial charge is 0.205 e. The molecule has 35 heavy (non-hydrogen) atoms. The monoisotopic (exact) mass is 474 g/mol. The summed E-state index contributed by atoms with van der Waals surface area (Å²) in [5.41, 5.74) is 1.92. The van der Waals surface area contributed by atoms with Gasteiger partial charge in [0.05, 0.1) is 5.56 Å². The summed E-state index contributed by atoms with van der Waals surface area (Å²) in [6.45, 7) is 2.13. The van der Waals surface area contributed by atoms with Crippen molar-refractivity contribution in [3.8, 4) is 23.7 Å². The molecule has 0 spiro atoms. The molecule has 0 fully saturated rings. The average molecular weight is 474 g/mol. The van der Waals surface area contributed by atoms with Gasteiger partial charge in [0, 0.05) is 22.1 Å². The third-order valence-electron chi connectivity index (χ3n) is 5.47. The molecule has 4 aromatic rings. The zero-order chi connectivity index (χ0) is 24.9. The van der Waals surface area contributed by atoms with Crippen LogP contribution in [-0.2, 0) is 6.42 Å². The zero-order valence-electron chi connectivity index (χ0n) is 18.8. The van der Waals surface area contributed by atoms with Crippen molar-refractivity contribution in [2.75, 3.05) is 0 Å². The Morgan fingerprint density at radius 2 is 1.23 bits per heavy atom. The Morgan fingerprint density at radius 3 is 1.91 bits per heavy atom. The molecule has 0 saturated carbocycles. The predicted molar refractivity (Wildman–Crippen MR) is 127 cm³/mol. The fourth-order valence-corrected chi connectivity index (χ4v) is 3.56. The van der Waals surface area contributed by atoms with Gasteiger partial charge in [0.1, 0.15) is 11.6 Å². The molecule has 0 aliphatic carbocycles. The Bertz CT molecular complexity index is 1500. The number of unbranched alkanes of at least 4 members (excludes halogenated alkanes) is 1. The molecule has 4 rings (SSSR count). The molecule has 0 N–H and O–H groups in total. The first kappa shape index (κ1) is 24.0. The molecule has 0 bridgehead atoms. The van der Waals surface area contributed by atoms with Crippen LogP contribution in [0.1, 0.15) is 47.6 Å². The van der Waals surface area contributed by atoms with Gasteiger partial charge >= 0.3 is 0 Å². The van der Waals surface area contributed by atoms with Crippen molar-refractivity contribution in [1.29, 1.82) is 0 Å². The van der Waals surface area contributed by atoms with Gasteiger partial charge < -0.3 is 0 Å². The summed E-state index contributed by atoms with van der Waals surface area (Å²) in [7, 11) is 0. The smallest absolute Gasteiger partial charge is 0.195 e. The van der Waals surface area contributed by atoms with Gasteiger partial charge in [0.25, 0.3) is 0 Å². The van der Waals surface area contributed by atoms with Crippen molar-refractivity contribution in [3.05, 3.63) is 118 Å². The van der Waals surface area contributed by atoms with E-state index in [4.69, 9.17) is 0 Å². The summed E-state index contributed by atoms with van der Waals surface area (Å²) in [4.78, 5) is 0. The first-order valence-corrected chi connectivity index (χ1v) is 11.0. The van der Waals surface area contributed by atoms with Crippen LogP contribution < -0.4 is 0 Å². The van der Waals surface area contributed by atoms with E-state index < -0.39 is 34.6 Å². The third kappa shape index (κ3) is 5.53. The van der Waals surface area contributed by atoms with E-state index in [9.17, 15) is 22.0 Å². The number of rotatable bonds is 3. The second kappa shape index (κ2) is 10.5. The summed E-state index contributed by atoms with van der Waals surface area (Å²) in [5.74, 6) is 4.70. The highest BCUT2D eigenvalue weighted by atomic mass is 19.2. The van der Waals surface area contributed by atoms with Gasteiger partial charge in [-0.25, -0.2) is 22.0 Å². The van der Waals surface area contributed by atoms with Crippen molar-refractivity contribution in [3.63, 3.8) is 0 Å². The lowest BCUT2D eigenvalue weighted by Gasteiger charge is -2.03. The van der Waals surface area contributed by atoms with Gasteiger partial charge in [-0.3, -0.25) is 0 Å². The molecule has 0 heterocycles. The molecule has 0 unspecified atom stereocenters. The minimum Gasteiger partial charge on any atom is -0.205 e. The molecule has 0 amide bonds. The molecular formula is C30H19F5. The molecule has 0 saturated heterocycles. The first-order valence-electron chi connectivity index (χ1n) is 11.0. The molecule has 174 valence electrons. The molecule has 0 aromatic heterocycles. The van der Waals surface area contributed by atoms with Crippen LogP contribution in [0, 0.1) is 52.8 Å². The minimum absolute atomic E-state index is 0.0816. The predicted octanol–water partition coefficient (Wildman–Crippen LogP) is 7.68. The van der Waals surface area contributed by atoms with Crippen molar-refractivity contribution < 1.29 is 22.0 Å². The maximum absolute atomic E-state index is 14.6. The van der Waals surface area contributed by atoms with E-state index in [0.717, 1.165) is 43.0 Å². The molecule has 0 nitrogen and oxygen atoms in total. The van der Waals surface area contributed by atoms with Crippen LogP contribution in [0.3, 0.4) is 0 Å². The first-order chi connectivity index (χ1) is 16.9. The maximum atomic E-state index is 14.6.